The zero-order chi connectivity index (χ0) is 16.8. The van der Waals surface area contributed by atoms with E-state index in [0.717, 1.165) is 22.6 Å². The van der Waals surface area contributed by atoms with Gasteiger partial charge in [-0.15, -0.1) is 0 Å². The number of methoxy groups -OCH3 is 1. The summed E-state index contributed by atoms with van der Waals surface area (Å²) >= 11 is 0. The lowest BCUT2D eigenvalue weighted by molar-refractivity contribution is 0.102. The van der Waals surface area contributed by atoms with Crippen molar-refractivity contribution in [1.29, 1.82) is 0 Å². The van der Waals surface area contributed by atoms with Crippen molar-refractivity contribution in [2.24, 2.45) is 0 Å². The van der Waals surface area contributed by atoms with E-state index in [1.807, 2.05) is 78.9 Å². The smallest absolute Gasteiger partial charge is 0.255 e. The van der Waals surface area contributed by atoms with Crippen molar-refractivity contribution in [3.05, 3.63) is 95.6 Å². The summed E-state index contributed by atoms with van der Waals surface area (Å²) < 4.78 is 5.18. The van der Waals surface area contributed by atoms with Crippen molar-refractivity contribution in [2.45, 2.75) is 6.42 Å². The highest BCUT2D eigenvalue weighted by atomic mass is 16.5. The van der Waals surface area contributed by atoms with Gasteiger partial charge >= 0.3 is 0 Å². The molecule has 1 N–H and O–H groups in total. The van der Waals surface area contributed by atoms with E-state index in [1.54, 1.807) is 7.11 Å². The van der Waals surface area contributed by atoms with Crippen molar-refractivity contribution < 1.29 is 9.53 Å². The molecule has 0 spiro atoms. The average Bonchev–Trinajstić information content (AvgIpc) is 2.63. The zero-order valence-corrected chi connectivity index (χ0v) is 13.5. The molecular formula is C21H19NO2. The highest BCUT2D eigenvalue weighted by molar-refractivity contribution is 6.05. The second-order valence-corrected chi connectivity index (χ2v) is 5.50. The lowest BCUT2D eigenvalue weighted by Gasteiger charge is -2.11. The number of carbonyl (C=O) groups is 1. The van der Waals surface area contributed by atoms with E-state index >= 15 is 0 Å². The van der Waals surface area contributed by atoms with Crippen LogP contribution in [-0.2, 0) is 6.42 Å². The number of hydrogen-bond donors (Lipinski definition) is 1. The Morgan fingerprint density at radius 2 is 1.54 bits per heavy atom. The van der Waals surface area contributed by atoms with Gasteiger partial charge in [0.15, 0.2) is 0 Å². The van der Waals surface area contributed by atoms with E-state index in [9.17, 15) is 4.79 Å². The molecule has 0 aliphatic carbocycles. The van der Waals surface area contributed by atoms with Crippen LogP contribution in [0.4, 0.5) is 5.69 Å². The molecule has 24 heavy (non-hydrogen) atoms. The summed E-state index contributed by atoms with van der Waals surface area (Å²) in [6, 6.07) is 25.1. The van der Waals surface area contributed by atoms with Gasteiger partial charge < -0.3 is 10.1 Å². The maximum atomic E-state index is 12.6. The molecule has 0 aliphatic rings. The van der Waals surface area contributed by atoms with Gasteiger partial charge in [-0.25, -0.2) is 0 Å². The monoisotopic (exact) mass is 317 g/mol. The Kier molecular flexibility index (Phi) is 4.92. The van der Waals surface area contributed by atoms with E-state index in [0.29, 0.717) is 12.0 Å². The highest BCUT2D eigenvalue weighted by Gasteiger charge is 2.11. The Bertz CT molecular complexity index is 811. The van der Waals surface area contributed by atoms with Gasteiger partial charge in [-0.1, -0.05) is 48.5 Å². The molecule has 0 bridgehead atoms. The lowest BCUT2D eigenvalue weighted by Crippen LogP contribution is -2.14. The topological polar surface area (TPSA) is 38.3 Å². The molecule has 0 saturated carbocycles. The van der Waals surface area contributed by atoms with Gasteiger partial charge in [0.05, 0.1) is 7.11 Å². The van der Waals surface area contributed by atoms with E-state index in [1.165, 1.54) is 0 Å². The normalized spacial score (nSPS) is 10.2. The van der Waals surface area contributed by atoms with Gasteiger partial charge in [0.25, 0.3) is 5.91 Å². The Balaban J connectivity index is 1.80. The van der Waals surface area contributed by atoms with Crippen LogP contribution in [0.1, 0.15) is 21.5 Å². The average molecular weight is 317 g/mol. The summed E-state index contributed by atoms with van der Waals surface area (Å²) in [7, 11) is 1.65. The van der Waals surface area contributed by atoms with Gasteiger partial charge in [-0.05, 0) is 47.9 Å². The first-order valence-electron chi connectivity index (χ1n) is 7.83. The van der Waals surface area contributed by atoms with Crippen LogP contribution < -0.4 is 10.1 Å². The van der Waals surface area contributed by atoms with E-state index in [2.05, 4.69) is 5.32 Å². The van der Waals surface area contributed by atoms with Crippen LogP contribution in [-0.4, -0.2) is 13.0 Å². The lowest BCUT2D eigenvalue weighted by atomic mass is 9.99. The molecule has 0 saturated heterocycles. The number of benzene rings is 3. The zero-order valence-electron chi connectivity index (χ0n) is 13.5. The van der Waals surface area contributed by atoms with Crippen molar-refractivity contribution in [3.63, 3.8) is 0 Å². The predicted octanol–water partition coefficient (Wildman–Crippen LogP) is 4.54. The standard InChI is InChI=1S/C21H19NO2/c1-24-19-13-11-16(12-14-19)15-17-7-5-6-10-20(17)21(23)22-18-8-3-2-4-9-18/h2-14H,15H2,1H3,(H,22,23). The summed E-state index contributed by atoms with van der Waals surface area (Å²) in [5.41, 5.74) is 3.62. The largest absolute Gasteiger partial charge is 0.497 e. The van der Waals surface area contributed by atoms with Gasteiger partial charge in [0, 0.05) is 11.3 Å². The first kappa shape index (κ1) is 15.8. The summed E-state index contributed by atoms with van der Waals surface area (Å²) in [6.45, 7) is 0. The molecule has 0 atom stereocenters. The number of rotatable bonds is 5. The fourth-order valence-corrected chi connectivity index (χ4v) is 2.58. The first-order valence-corrected chi connectivity index (χ1v) is 7.83. The minimum absolute atomic E-state index is 0.0923. The van der Waals surface area contributed by atoms with Gasteiger partial charge in [-0.2, -0.15) is 0 Å². The van der Waals surface area contributed by atoms with Crippen LogP contribution in [0.15, 0.2) is 78.9 Å². The van der Waals surface area contributed by atoms with Crippen LogP contribution >= 0.6 is 0 Å². The Labute approximate surface area is 141 Å². The third-order valence-corrected chi connectivity index (χ3v) is 3.85. The number of ether oxygens (including phenoxy) is 1. The minimum Gasteiger partial charge on any atom is -0.497 e. The minimum atomic E-state index is -0.0923. The molecule has 0 unspecified atom stereocenters. The molecule has 1 amide bonds. The molecule has 0 radical (unpaired) electrons. The molecule has 3 aromatic rings. The van der Waals surface area contributed by atoms with Crippen molar-refractivity contribution >= 4 is 11.6 Å². The van der Waals surface area contributed by atoms with Gasteiger partial charge in [0.2, 0.25) is 0 Å². The molecule has 0 heterocycles. The van der Waals surface area contributed by atoms with E-state index < -0.39 is 0 Å². The molecular weight excluding hydrogens is 298 g/mol. The van der Waals surface area contributed by atoms with Crippen molar-refractivity contribution in [3.8, 4) is 5.75 Å². The summed E-state index contributed by atoms with van der Waals surface area (Å²) in [6.07, 6.45) is 0.697. The Hall–Kier alpha value is -3.07. The quantitative estimate of drug-likeness (QED) is 0.750. The fourth-order valence-electron chi connectivity index (χ4n) is 2.58. The second-order valence-electron chi connectivity index (χ2n) is 5.50. The number of carbonyl (C=O) groups excluding carboxylic acids is 1. The molecule has 0 fully saturated rings. The molecule has 3 nitrogen and oxygen atoms in total. The Morgan fingerprint density at radius 1 is 0.875 bits per heavy atom. The van der Waals surface area contributed by atoms with Crippen LogP contribution in [0.25, 0.3) is 0 Å². The maximum absolute atomic E-state index is 12.6. The Morgan fingerprint density at radius 3 is 2.25 bits per heavy atom. The molecule has 0 aromatic heterocycles. The van der Waals surface area contributed by atoms with Gasteiger partial charge in [0.1, 0.15) is 5.75 Å². The molecule has 0 aliphatic heterocycles. The fraction of sp³-hybridized carbons (Fsp3) is 0.0952. The summed E-state index contributed by atoms with van der Waals surface area (Å²) in [5, 5.41) is 2.94. The van der Waals surface area contributed by atoms with E-state index in [4.69, 9.17) is 4.74 Å². The number of hydrogen-bond acceptors (Lipinski definition) is 2. The van der Waals surface area contributed by atoms with Crippen molar-refractivity contribution in [1.82, 2.24) is 0 Å². The maximum Gasteiger partial charge on any atom is 0.255 e. The number of para-hydroxylation sites is 1. The first-order chi connectivity index (χ1) is 11.8. The molecule has 3 aromatic carbocycles. The van der Waals surface area contributed by atoms with E-state index in [-0.39, 0.29) is 5.91 Å². The second kappa shape index (κ2) is 7.47. The molecule has 3 rings (SSSR count). The molecule has 3 heteroatoms. The predicted molar refractivity (Wildman–Crippen MR) is 96.6 cm³/mol. The van der Waals surface area contributed by atoms with Crippen LogP contribution in [0.3, 0.4) is 0 Å². The third-order valence-electron chi connectivity index (χ3n) is 3.85. The summed E-state index contributed by atoms with van der Waals surface area (Å²) in [4.78, 5) is 12.6. The number of amides is 1. The number of nitrogens with one attached hydrogen (secondary N) is 1. The van der Waals surface area contributed by atoms with Crippen LogP contribution in [0.5, 0.6) is 5.75 Å². The van der Waals surface area contributed by atoms with Crippen LogP contribution in [0.2, 0.25) is 0 Å². The van der Waals surface area contributed by atoms with Crippen molar-refractivity contribution in [2.75, 3.05) is 12.4 Å². The third kappa shape index (κ3) is 3.82. The SMILES string of the molecule is COc1ccc(Cc2ccccc2C(=O)Nc2ccccc2)cc1. The highest BCUT2D eigenvalue weighted by Crippen LogP contribution is 2.18. The number of anilines is 1. The molecule has 120 valence electrons. The van der Waals surface area contributed by atoms with Gasteiger partial charge in [-0.3, -0.25) is 4.79 Å². The van der Waals surface area contributed by atoms with Crippen LogP contribution in [0, 0.1) is 0 Å². The summed E-state index contributed by atoms with van der Waals surface area (Å²) in [5.74, 6) is 0.735.